The van der Waals surface area contributed by atoms with E-state index in [0.29, 0.717) is 5.69 Å². The molecule has 9 heteroatoms. The van der Waals surface area contributed by atoms with Crippen LogP contribution in [0.2, 0.25) is 0 Å². The fourth-order valence-corrected chi connectivity index (χ4v) is 1.84. The second kappa shape index (κ2) is 5.89. The zero-order chi connectivity index (χ0) is 13.7. The standard InChI is InChI=1S/C10H10N6O2S/c11-14-8(17)7-9(19-16-15-7)13-10(18)12-6-4-2-1-3-5-6/h1-5H,11H2,(H,14,17)(H2,12,13,18). The van der Waals surface area contributed by atoms with Crippen LogP contribution in [0.5, 0.6) is 0 Å². The minimum Gasteiger partial charge on any atom is -0.308 e. The lowest BCUT2D eigenvalue weighted by Crippen LogP contribution is -2.31. The van der Waals surface area contributed by atoms with Crippen LogP contribution in [0.3, 0.4) is 0 Å². The first-order chi connectivity index (χ1) is 9.20. The van der Waals surface area contributed by atoms with Gasteiger partial charge in [0.1, 0.15) is 0 Å². The Kier molecular flexibility index (Phi) is 4.00. The third-order valence-corrected chi connectivity index (χ3v) is 2.73. The van der Waals surface area contributed by atoms with Crippen LogP contribution in [-0.2, 0) is 0 Å². The van der Waals surface area contributed by atoms with E-state index in [-0.39, 0.29) is 10.7 Å². The number of anilines is 2. The second-order valence-electron chi connectivity index (χ2n) is 3.37. The molecule has 0 unspecified atom stereocenters. The maximum absolute atomic E-state index is 11.7. The third kappa shape index (κ3) is 3.24. The number of amides is 3. The Morgan fingerprint density at radius 3 is 2.58 bits per heavy atom. The summed E-state index contributed by atoms with van der Waals surface area (Å²) in [7, 11) is 0. The smallest absolute Gasteiger partial charge is 0.308 e. The monoisotopic (exact) mass is 278 g/mol. The number of urea groups is 1. The van der Waals surface area contributed by atoms with Gasteiger partial charge < -0.3 is 5.32 Å². The van der Waals surface area contributed by atoms with Gasteiger partial charge in [0.05, 0.1) is 0 Å². The highest BCUT2D eigenvalue weighted by Gasteiger charge is 2.17. The number of nitrogens with zero attached hydrogens (tertiary/aromatic N) is 2. The average molecular weight is 278 g/mol. The summed E-state index contributed by atoms with van der Waals surface area (Å²) in [5.41, 5.74) is 2.52. The molecule has 2 rings (SSSR count). The molecule has 0 fully saturated rings. The van der Waals surface area contributed by atoms with Crippen molar-refractivity contribution in [2.45, 2.75) is 0 Å². The quantitative estimate of drug-likeness (QED) is 0.375. The van der Waals surface area contributed by atoms with Crippen LogP contribution in [0.1, 0.15) is 10.5 Å². The first kappa shape index (κ1) is 12.9. The van der Waals surface area contributed by atoms with E-state index in [4.69, 9.17) is 5.84 Å². The van der Waals surface area contributed by atoms with Crippen molar-refractivity contribution >= 4 is 34.2 Å². The summed E-state index contributed by atoms with van der Waals surface area (Å²) in [6.45, 7) is 0. The van der Waals surface area contributed by atoms with Crippen molar-refractivity contribution < 1.29 is 9.59 Å². The van der Waals surface area contributed by atoms with E-state index < -0.39 is 11.9 Å². The number of hydrazine groups is 1. The summed E-state index contributed by atoms with van der Waals surface area (Å²) in [6.07, 6.45) is 0. The molecule has 2 aromatic rings. The van der Waals surface area contributed by atoms with Crippen molar-refractivity contribution in [2.75, 3.05) is 10.6 Å². The largest absolute Gasteiger partial charge is 0.324 e. The number of nitrogen functional groups attached to an aromatic ring is 1. The van der Waals surface area contributed by atoms with E-state index in [0.717, 1.165) is 11.5 Å². The summed E-state index contributed by atoms with van der Waals surface area (Å²) in [6, 6.07) is 8.38. The zero-order valence-electron chi connectivity index (χ0n) is 9.58. The van der Waals surface area contributed by atoms with Crippen molar-refractivity contribution in [1.82, 2.24) is 15.0 Å². The minimum atomic E-state index is -0.622. The van der Waals surface area contributed by atoms with Gasteiger partial charge in [-0.25, -0.2) is 10.6 Å². The molecule has 1 aromatic carbocycles. The SMILES string of the molecule is NNC(=O)c1nnsc1NC(=O)Nc1ccccc1. The molecule has 0 spiro atoms. The highest BCUT2D eigenvalue weighted by molar-refractivity contribution is 7.10. The zero-order valence-corrected chi connectivity index (χ0v) is 10.4. The minimum absolute atomic E-state index is 0.0317. The molecule has 98 valence electrons. The molecule has 0 atom stereocenters. The molecule has 19 heavy (non-hydrogen) atoms. The fourth-order valence-electron chi connectivity index (χ4n) is 1.28. The molecule has 0 saturated heterocycles. The van der Waals surface area contributed by atoms with Crippen LogP contribution in [0.25, 0.3) is 0 Å². The van der Waals surface area contributed by atoms with E-state index in [1.807, 2.05) is 11.5 Å². The van der Waals surface area contributed by atoms with Crippen LogP contribution in [0.15, 0.2) is 30.3 Å². The Balaban J connectivity index is 2.04. The normalized spacial score (nSPS) is 9.74. The topological polar surface area (TPSA) is 122 Å². The second-order valence-corrected chi connectivity index (χ2v) is 4.12. The Bertz CT molecular complexity index is 585. The van der Waals surface area contributed by atoms with Crippen LogP contribution >= 0.6 is 11.5 Å². The van der Waals surface area contributed by atoms with Gasteiger partial charge in [0.25, 0.3) is 5.91 Å². The molecule has 0 saturated carbocycles. The molecule has 1 aromatic heterocycles. The molecular formula is C10H10N6O2S. The lowest BCUT2D eigenvalue weighted by atomic mass is 10.3. The number of para-hydroxylation sites is 1. The van der Waals surface area contributed by atoms with Gasteiger partial charge in [-0.05, 0) is 12.1 Å². The number of nitrogens with two attached hydrogens (primary N) is 1. The Hall–Kier alpha value is -2.52. The van der Waals surface area contributed by atoms with Crippen molar-refractivity contribution in [3.63, 3.8) is 0 Å². The maximum atomic E-state index is 11.7. The summed E-state index contributed by atoms with van der Waals surface area (Å²) < 4.78 is 3.58. The van der Waals surface area contributed by atoms with E-state index >= 15 is 0 Å². The molecule has 8 nitrogen and oxygen atoms in total. The number of benzene rings is 1. The van der Waals surface area contributed by atoms with Gasteiger partial charge in [-0.1, -0.05) is 22.7 Å². The molecule has 0 radical (unpaired) electrons. The van der Waals surface area contributed by atoms with Crippen LogP contribution in [0.4, 0.5) is 15.5 Å². The van der Waals surface area contributed by atoms with Gasteiger partial charge >= 0.3 is 6.03 Å². The van der Waals surface area contributed by atoms with Gasteiger partial charge in [0.2, 0.25) is 0 Å². The molecule has 0 bridgehead atoms. The summed E-state index contributed by atoms with van der Waals surface area (Å²) in [5, 5.41) is 8.88. The summed E-state index contributed by atoms with van der Waals surface area (Å²) >= 11 is 0.883. The molecule has 0 aliphatic carbocycles. The van der Waals surface area contributed by atoms with Crippen molar-refractivity contribution in [3.8, 4) is 0 Å². The Morgan fingerprint density at radius 1 is 1.16 bits per heavy atom. The van der Waals surface area contributed by atoms with Gasteiger partial charge in [-0.15, -0.1) is 5.10 Å². The van der Waals surface area contributed by atoms with Crippen molar-refractivity contribution in [2.24, 2.45) is 5.84 Å². The van der Waals surface area contributed by atoms with Crippen molar-refractivity contribution in [1.29, 1.82) is 0 Å². The Labute approximate surface area is 112 Å². The highest BCUT2D eigenvalue weighted by Crippen LogP contribution is 2.17. The summed E-state index contributed by atoms with van der Waals surface area (Å²) in [4.78, 5) is 23.0. The number of carbonyl (C=O) groups is 2. The van der Waals surface area contributed by atoms with Gasteiger partial charge in [-0.3, -0.25) is 15.5 Å². The lowest BCUT2D eigenvalue weighted by molar-refractivity contribution is 0.0949. The maximum Gasteiger partial charge on any atom is 0.324 e. The van der Waals surface area contributed by atoms with Gasteiger partial charge in [0.15, 0.2) is 10.7 Å². The molecule has 3 amide bonds. The highest BCUT2D eigenvalue weighted by atomic mass is 32.1. The molecule has 5 N–H and O–H groups in total. The first-order valence-corrected chi connectivity index (χ1v) is 5.94. The number of rotatable bonds is 3. The lowest BCUT2D eigenvalue weighted by Gasteiger charge is -2.06. The predicted molar refractivity (Wildman–Crippen MR) is 70.6 cm³/mol. The first-order valence-electron chi connectivity index (χ1n) is 5.17. The van der Waals surface area contributed by atoms with E-state index in [1.54, 1.807) is 24.3 Å². The summed E-state index contributed by atoms with van der Waals surface area (Å²) in [5.74, 6) is 4.37. The predicted octanol–water partition coefficient (Wildman–Crippen LogP) is 0.786. The Morgan fingerprint density at radius 2 is 1.89 bits per heavy atom. The van der Waals surface area contributed by atoms with E-state index in [1.165, 1.54) is 0 Å². The van der Waals surface area contributed by atoms with Gasteiger partial charge in [0, 0.05) is 17.2 Å². The van der Waals surface area contributed by atoms with Crippen LogP contribution in [0, 0.1) is 0 Å². The number of carbonyl (C=O) groups excluding carboxylic acids is 2. The molecule has 0 aliphatic rings. The fraction of sp³-hybridized carbons (Fsp3) is 0. The number of hydrogen-bond acceptors (Lipinski definition) is 6. The number of nitrogens with one attached hydrogen (secondary N) is 3. The van der Waals surface area contributed by atoms with Crippen LogP contribution < -0.4 is 21.9 Å². The van der Waals surface area contributed by atoms with Gasteiger partial charge in [-0.2, -0.15) is 0 Å². The molecule has 0 aliphatic heterocycles. The molecule has 1 heterocycles. The van der Waals surface area contributed by atoms with E-state index in [9.17, 15) is 9.59 Å². The number of aromatic nitrogens is 2. The average Bonchev–Trinajstić information content (AvgIpc) is 2.87. The third-order valence-electron chi connectivity index (χ3n) is 2.09. The molecular weight excluding hydrogens is 268 g/mol. The number of hydrogen-bond donors (Lipinski definition) is 4. The van der Waals surface area contributed by atoms with Crippen LogP contribution in [-0.4, -0.2) is 21.5 Å². The van der Waals surface area contributed by atoms with Crippen molar-refractivity contribution in [3.05, 3.63) is 36.0 Å². The van der Waals surface area contributed by atoms with E-state index in [2.05, 4.69) is 20.2 Å².